The quantitative estimate of drug-likeness (QED) is 0.587. The minimum Gasteiger partial charge on any atom is -0.452 e. The van der Waals surface area contributed by atoms with E-state index in [9.17, 15) is 4.21 Å². The molecule has 126 valence electrons. The maximum atomic E-state index is 12.4. The molecule has 0 aliphatic carbocycles. The van der Waals surface area contributed by atoms with E-state index >= 15 is 0 Å². The largest absolute Gasteiger partial charge is 0.452 e. The minimum absolute atomic E-state index is 0.414. The van der Waals surface area contributed by atoms with Gasteiger partial charge in [-0.3, -0.25) is 4.98 Å². The van der Waals surface area contributed by atoms with E-state index in [1.54, 1.807) is 12.3 Å². The van der Waals surface area contributed by atoms with Gasteiger partial charge < -0.3 is 4.42 Å². The normalized spacial score (nSPS) is 14.5. The van der Waals surface area contributed by atoms with Crippen LogP contribution in [0.2, 0.25) is 5.02 Å². The molecule has 0 fully saturated rings. The van der Waals surface area contributed by atoms with Gasteiger partial charge in [0.2, 0.25) is 0 Å². The van der Waals surface area contributed by atoms with Crippen molar-refractivity contribution in [1.29, 1.82) is 0 Å². The van der Waals surface area contributed by atoms with E-state index in [0.717, 1.165) is 22.0 Å². The molecule has 0 radical (unpaired) electrons. The van der Waals surface area contributed by atoms with Gasteiger partial charge in [0.25, 0.3) is 0 Å². The van der Waals surface area contributed by atoms with Crippen LogP contribution in [0.4, 0.5) is 0 Å². The monoisotopic (exact) mass is 362 g/mol. The van der Waals surface area contributed by atoms with Gasteiger partial charge in [-0.1, -0.05) is 11.6 Å². The van der Waals surface area contributed by atoms with Gasteiger partial charge in [-0.15, -0.1) is 0 Å². The number of pyridine rings is 1. The molecular weight excluding hydrogens is 344 g/mol. The summed E-state index contributed by atoms with van der Waals surface area (Å²) in [6.07, 6.45) is 1.66. The summed E-state index contributed by atoms with van der Waals surface area (Å²) in [4.78, 5) is 4.39. The first kappa shape index (κ1) is 17.1. The van der Waals surface area contributed by atoms with E-state index in [1.807, 2.05) is 46.8 Å². The average Bonchev–Trinajstić information content (AvgIpc) is 2.85. The summed E-state index contributed by atoms with van der Waals surface area (Å²) in [6, 6.07) is 5.70. The molecule has 0 saturated carbocycles. The lowest BCUT2D eigenvalue weighted by molar-refractivity contribution is 0.650. The molecular formula is C18H19ClN2O2S. The van der Waals surface area contributed by atoms with Crippen LogP contribution in [-0.4, -0.2) is 19.7 Å². The number of hydrogen-bond donors (Lipinski definition) is 0. The van der Waals surface area contributed by atoms with E-state index in [2.05, 4.69) is 9.38 Å². The molecule has 24 heavy (non-hydrogen) atoms. The molecule has 0 saturated heterocycles. The fraction of sp³-hybridized carbons (Fsp3) is 0.333. The Labute approximate surface area is 148 Å². The number of aromatic nitrogens is 1. The Morgan fingerprint density at radius 1 is 1.29 bits per heavy atom. The third-order valence-corrected chi connectivity index (χ3v) is 5.47. The number of aryl methyl sites for hydroxylation is 1. The van der Waals surface area contributed by atoms with Crippen molar-refractivity contribution < 1.29 is 8.63 Å². The zero-order valence-corrected chi connectivity index (χ0v) is 15.9. The zero-order valence-electron chi connectivity index (χ0n) is 14.3. The Morgan fingerprint density at radius 3 is 2.67 bits per heavy atom. The van der Waals surface area contributed by atoms with E-state index in [4.69, 9.17) is 16.0 Å². The highest BCUT2D eigenvalue weighted by atomic mass is 35.5. The summed E-state index contributed by atoms with van der Waals surface area (Å²) in [5.41, 5.74) is 4.50. The molecule has 0 unspecified atom stereocenters. The lowest BCUT2D eigenvalue weighted by Crippen LogP contribution is -2.20. The second-order valence-electron chi connectivity index (χ2n) is 6.80. The number of furan rings is 1. The molecule has 3 rings (SSSR count). The van der Waals surface area contributed by atoms with Gasteiger partial charge in [0.05, 0.1) is 15.5 Å². The lowest BCUT2D eigenvalue weighted by atomic mass is 10.0. The molecule has 4 nitrogen and oxygen atoms in total. The van der Waals surface area contributed by atoms with Crippen molar-refractivity contribution >= 4 is 50.4 Å². The van der Waals surface area contributed by atoms with Crippen LogP contribution < -0.4 is 0 Å². The second kappa shape index (κ2) is 5.97. The van der Waals surface area contributed by atoms with E-state index in [0.29, 0.717) is 21.9 Å². The highest BCUT2D eigenvalue weighted by molar-refractivity contribution is 7.85. The van der Waals surface area contributed by atoms with Crippen molar-refractivity contribution in [1.82, 2.24) is 4.98 Å². The van der Waals surface area contributed by atoms with Gasteiger partial charge in [-0.25, -0.2) is 4.21 Å². The van der Waals surface area contributed by atoms with Crippen molar-refractivity contribution in [3.05, 3.63) is 40.5 Å². The van der Waals surface area contributed by atoms with Crippen LogP contribution in [0.15, 0.2) is 33.2 Å². The molecule has 0 aliphatic rings. The average molecular weight is 363 g/mol. The van der Waals surface area contributed by atoms with Gasteiger partial charge in [-0.2, -0.15) is 4.40 Å². The molecule has 6 heteroatoms. The lowest BCUT2D eigenvalue weighted by Gasteiger charge is -2.14. The first-order valence-electron chi connectivity index (χ1n) is 7.63. The fourth-order valence-electron chi connectivity index (χ4n) is 2.45. The first-order valence-corrected chi connectivity index (χ1v) is 9.12. The summed E-state index contributed by atoms with van der Waals surface area (Å²) in [5.74, 6) is 0. The molecule has 0 N–H and O–H groups in total. The molecule has 0 spiro atoms. The molecule has 2 heterocycles. The summed E-state index contributed by atoms with van der Waals surface area (Å²) < 4.78 is 22.3. The summed E-state index contributed by atoms with van der Waals surface area (Å²) >= 11 is 6.23. The number of nitrogens with zero attached hydrogens (tertiary/aromatic N) is 2. The van der Waals surface area contributed by atoms with Gasteiger partial charge in [0.15, 0.2) is 5.58 Å². The summed E-state index contributed by atoms with van der Waals surface area (Å²) in [6.45, 7) is 9.55. The van der Waals surface area contributed by atoms with Crippen LogP contribution in [0.1, 0.15) is 38.8 Å². The van der Waals surface area contributed by atoms with Crippen molar-refractivity contribution in [3.8, 4) is 0 Å². The number of hydrogen-bond acceptors (Lipinski definition) is 3. The van der Waals surface area contributed by atoms with Gasteiger partial charge in [0, 0.05) is 17.1 Å². The van der Waals surface area contributed by atoms with E-state index in [-0.39, 0.29) is 0 Å². The number of rotatable bonds is 2. The molecule has 0 aliphatic heterocycles. The van der Waals surface area contributed by atoms with Crippen molar-refractivity contribution in [3.63, 3.8) is 0 Å². The van der Waals surface area contributed by atoms with Crippen LogP contribution in [0.25, 0.3) is 22.1 Å². The van der Waals surface area contributed by atoms with Crippen LogP contribution in [0.5, 0.6) is 0 Å². The van der Waals surface area contributed by atoms with E-state index < -0.39 is 15.7 Å². The topological polar surface area (TPSA) is 55.5 Å². The van der Waals surface area contributed by atoms with Crippen molar-refractivity contribution in [2.45, 2.75) is 39.4 Å². The number of fused-ring (bicyclic) bond motifs is 3. The number of halogens is 1. The highest BCUT2D eigenvalue weighted by Crippen LogP contribution is 2.34. The molecule has 3 aromatic rings. The second-order valence-corrected chi connectivity index (χ2v) is 9.11. The molecule has 1 aromatic carbocycles. The van der Waals surface area contributed by atoms with E-state index in [1.165, 1.54) is 0 Å². The first-order chi connectivity index (χ1) is 11.2. The Balaban J connectivity index is 2.29. The third kappa shape index (κ3) is 2.98. The SMILES string of the molecule is C/C(=N\[S@](=O)C(C)(C)C)c1cc(C)cc2c1oc1c(Cl)ccnc12. The third-order valence-electron chi connectivity index (χ3n) is 3.68. The minimum atomic E-state index is -1.33. The maximum absolute atomic E-state index is 12.4. The van der Waals surface area contributed by atoms with Crippen LogP contribution in [0, 0.1) is 6.92 Å². The van der Waals surface area contributed by atoms with Gasteiger partial charge in [-0.05, 0) is 58.4 Å². The van der Waals surface area contributed by atoms with Gasteiger partial charge in [0.1, 0.15) is 22.1 Å². The Morgan fingerprint density at radius 2 is 2.00 bits per heavy atom. The predicted molar refractivity (Wildman–Crippen MR) is 101 cm³/mol. The number of benzene rings is 1. The van der Waals surface area contributed by atoms with Gasteiger partial charge >= 0.3 is 0 Å². The Kier molecular flexibility index (Phi) is 4.26. The van der Waals surface area contributed by atoms with Crippen LogP contribution in [-0.2, 0) is 11.0 Å². The Hall–Kier alpha value is -1.72. The molecule has 1 atom stereocenters. The summed E-state index contributed by atoms with van der Waals surface area (Å²) in [7, 11) is -1.33. The molecule has 2 aromatic heterocycles. The smallest absolute Gasteiger partial charge is 0.172 e. The predicted octanol–water partition coefficient (Wildman–Crippen LogP) is 5.21. The van der Waals surface area contributed by atoms with Crippen molar-refractivity contribution in [2.24, 2.45) is 4.40 Å². The zero-order chi connectivity index (χ0) is 17.6. The maximum Gasteiger partial charge on any atom is 0.172 e. The van der Waals surface area contributed by atoms with Crippen LogP contribution in [0.3, 0.4) is 0 Å². The molecule has 0 amide bonds. The molecule has 0 bridgehead atoms. The van der Waals surface area contributed by atoms with Crippen molar-refractivity contribution in [2.75, 3.05) is 0 Å². The summed E-state index contributed by atoms with van der Waals surface area (Å²) in [5, 5.41) is 1.41. The van der Waals surface area contributed by atoms with Crippen LogP contribution >= 0.6 is 11.6 Å². The Bertz CT molecular complexity index is 1000. The highest BCUT2D eigenvalue weighted by Gasteiger charge is 2.21. The fourth-order valence-corrected chi connectivity index (χ4v) is 3.26. The standard InChI is InChI=1S/C18H19ClN2O2S/c1-10-8-12(11(2)21-24(22)18(3,4)5)16-13(9-10)15-17(23-16)14(19)6-7-20-15/h6-9H,1-5H3/b21-11+/t24-/m1/s1.